The summed E-state index contributed by atoms with van der Waals surface area (Å²) < 4.78 is 29.7. The predicted molar refractivity (Wildman–Crippen MR) is 134 cm³/mol. The predicted octanol–water partition coefficient (Wildman–Crippen LogP) is 5.85. The minimum absolute atomic E-state index is 0.175. The highest BCUT2D eigenvalue weighted by molar-refractivity contribution is 6.33. The first-order valence-electron chi connectivity index (χ1n) is 10.9. The summed E-state index contributed by atoms with van der Waals surface area (Å²) in [4.78, 5) is 24.8. The molecule has 1 heterocycles. The zero-order valence-electron chi connectivity index (χ0n) is 19.1. The molecule has 35 heavy (non-hydrogen) atoms. The van der Waals surface area contributed by atoms with Crippen LogP contribution in [0.1, 0.15) is 12.5 Å². The van der Waals surface area contributed by atoms with Crippen LogP contribution in [0.4, 0.5) is 10.1 Å². The van der Waals surface area contributed by atoms with E-state index in [0.717, 1.165) is 12.0 Å². The summed E-state index contributed by atoms with van der Waals surface area (Å²) in [5, 5.41) is 3.59. The van der Waals surface area contributed by atoms with E-state index in [4.69, 9.17) is 25.5 Å². The quantitative estimate of drug-likeness (QED) is 0.310. The van der Waals surface area contributed by atoms with Crippen LogP contribution in [0.5, 0.6) is 5.75 Å². The molecular weight excluding hydrogens is 473 g/mol. The van der Waals surface area contributed by atoms with Gasteiger partial charge in [-0.15, -0.1) is 0 Å². The fraction of sp³-hybridized carbons (Fsp3) is 0.185. The monoisotopic (exact) mass is 495 g/mol. The summed E-state index contributed by atoms with van der Waals surface area (Å²) in [6, 6.07) is 17.7. The van der Waals surface area contributed by atoms with Gasteiger partial charge in [0.05, 0.1) is 11.6 Å². The maximum Gasteiger partial charge on any atom is 0.336 e. The molecule has 1 amide bonds. The van der Waals surface area contributed by atoms with Crippen LogP contribution in [0.3, 0.4) is 0 Å². The molecule has 0 fully saturated rings. The molecule has 0 saturated heterocycles. The van der Waals surface area contributed by atoms with Gasteiger partial charge in [-0.05, 0) is 61.4 Å². The van der Waals surface area contributed by atoms with Gasteiger partial charge in [-0.3, -0.25) is 4.79 Å². The fourth-order valence-electron chi connectivity index (χ4n) is 3.62. The van der Waals surface area contributed by atoms with Crippen LogP contribution < -0.4 is 15.7 Å². The van der Waals surface area contributed by atoms with Gasteiger partial charge in [0, 0.05) is 41.4 Å². The molecule has 8 heteroatoms. The van der Waals surface area contributed by atoms with Crippen molar-refractivity contribution in [3.8, 4) is 16.9 Å². The molecule has 4 aromatic rings. The second-order valence-electron chi connectivity index (χ2n) is 7.95. The van der Waals surface area contributed by atoms with E-state index in [1.807, 2.05) is 24.3 Å². The van der Waals surface area contributed by atoms with Crippen molar-refractivity contribution in [1.82, 2.24) is 0 Å². The molecule has 0 aliphatic heterocycles. The van der Waals surface area contributed by atoms with Crippen LogP contribution in [0.2, 0.25) is 5.02 Å². The number of halogens is 2. The van der Waals surface area contributed by atoms with Gasteiger partial charge in [0.2, 0.25) is 0 Å². The van der Waals surface area contributed by atoms with Crippen LogP contribution >= 0.6 is 11.6 Å². The number of hydrogen-bond donors (Lipinski definition) is 1. The number of carbonyl (C=O) groups is 1. The summed E-state index contributed by atoms with van der Waals surface area (Å²) in [6.45, 7) is 2.25. The number of benzene rings is 3. The van der Waals surface area contributed by atoms with Gasteiger partial charge in [0.25, 0.3) is 5.91 Å². The summed E-state index contributed by atoms with van der Waals surface area (Å²) in [5.74, 6) is -0.459. The number of fused-ring (bicyclic) bond motifs is 1. The molecule has 4 rings (SSSR count). The van der Waals surface area contributed by atoms with Crippen molar-refractivity contribution in [1.29, 1.82) is 0 Å². The Labute approximate surface area is 206 Å². The zero-order valence-corrected chi connectivity index (χ0v) is 19.9. The SMILES string of the molecule is COCCc1ccc(NC(=O)[C@@H](C)Oc2ccc3c(-c4ccc(F)cc4Cl)cc(=O)oc3c2)cc1. The summed E-state index contributed by atoms with van der Waals surface area (Å²) in [6.07, 6.45) is -0.0284. The lowest BCUT2D eigenvalue weighted by atomic mass is 10.0. The van der Waals surface area contributed by atoms with Crippen molar-refractivity contribution in [2.75, 3.05) is 19.0 Å². The third-order valence-electron chi connectivity index (χ3n) is 5.44. The van der Waals surface area contributed by atoms with E-state index in [1.165, 1.54) is 30.3 Å². The van der Waals surface area contributed by atoms with Crippen LogP contribution in [0.15, 0.2) is 75.9 Å². The molecule has 180 valence electrons. The molecule has 0 aliphatic carbocycles. The van der Waals surface area contributed by atoms with Gasteiger partial charge in [0.1, 0.15) is 17.1 Å². The largest absolute Gasteiger partial charge is 0.481 e. The minimum atomic E-state index is -0.818. The molecule has 0 saturated carbocycles. The highest BCUT2D eigenvalue weighted by Crippen LogP contribution is 2.34. The highest BCUT2D eigenvalue weighted by atomic mass is 35.5. The smallest absolute Gasteiger partial charge is 0.336 e. The maximum absolute atomic E-state index is 13.5. The average molecular weight is 496 g/mol. The third kappa shape index (κ3) is 5.88. The lowest BCUT2D eigenvalue weighted by Gasteiger charge is -2.16. The van der Waals surface area contributed by atoms with Crippen LogP contribution in [-0.4, -0.2) is 25.7 Å². The van der Waals surface area contributed by atoms with Gasteiger partial charge in [-0.25, -0.2) is 9.18 Å². The Morgan fingerprint density at radius 1 is 1.06 bits per heavy atom. The van der Waals surface area contributed by atoms with Gasteiger partial charge in [-0.2, -0.15) is 0 Å². The molecule has 0 unspecified atom stereocenters. The number of carbonyl (C=O) groups excluding carboxylic acids is 1. The first-order valence-corrected chi connectivity index (χ1v) is 11.3. The number of nitrogens with one attached hydrogen (secondary N) is 1. The molecule has 1 aromatic heterocycles. The third-order valence-corrected chi connectivity index (χ3v) is 5.75. The first kappa shape index (κ1) is 24.4. The van der Waals surface area contributed by atoms with Gasteiger partial charge >= 0.3 is 5.63 Å². The van der Waals surface area contributed by atoms with Crippen LogP contribution in [0, 0.1) is 5.82 Å². The molecule has 1 atom stereocenters. The van der Waals surface area contributed by atoms with Crippen molar-refractivity contribution in [2.45, 2.75) is 19.4 Å². The van der Waals surface area contributed by atoms with Crippen molar-refractivity contribution >= 4 is 34.2 Å². The highest BCUT2D eigenvalue weighted by Gasteiger charge is 2.17. The standard InChI is InChI=1S/C27H23ClFNO5/c1-16(27(32)30-19-6-3-17(4-7-19)11-12-33-2)34-20-8-10-22-23(15-26(31)35-25(22)14-20)21-9-5-18(29)13-24(21)28/h3-10,13-16H,11-12H2,1-2H3,(H,30,32)/t16-/m1/s1. The minimum Gasteiger partial charge on any atom is -0.481 e. The second kappa shape index (κ2) is 10.7. The lowest BCUT2D eigenvalue weighted by molar-refractivity contribution is -0.122. The van der Waals surface area contributed by atoms with Crippen LogP contribution in [0.25, 0.3) is 22.1 Å². The summed E-state index contributed by atoms with van der Waals surface area (Å²) >= 11 is 6.20. The number of methoxy groups -OCH3 is 1. The Kier molecular flexibility index (Phi) is 7.48. The number of amides is 1. The van der Waals surface area contributed by atoms with Crippen molar-refractivity contribution in [3.05, 3.63) is 93.6 Å². The van der Waals surface area contributed by atoms with Gasteiger partial charge in [-0.1, -0.05) is 23.7 Å². The molecule has 1 N–H and O–H groups in total. The molecule has 0 spiro atoms. The van der Waals surface area contributed by atoms with Crippen molar-refractivity contribution < 1.29 is 23.1 Å². The van der Waals surface area contributed by atoms with E-state index in [-0.39, 0.29) is 16.5 Å². The molecule has 0 aliphatic rings. The molecule has 0 radical (unpaired) electrons. The van der Waals surface area contributed by atoms with Gasteiger partial charge < -0.3 is 19.2 Å². The Balaban J connectivity index is 1.51. The first-order chi connectivity index (χ1) is 16.8. The average Bonchev–Trinajstić information content (AvgIpc) is 2.83. The van der Waals surface area contributed by atoms with E-state index >= 15 is 0 Å². The summed E-state index contributed by atoms with van der Waals surface area (Å²) in [5.41, 5.74) is 2.42. The second-order valence-corrected chi connectivity index (χ2v) is 8.36. The van der Waals surface area contributed by atoms with E-state index in [1.54, 1.807) is 26.2 Å². The van der Waals surface area contributed by atoms with E-state index in [9.17, 15) is 14.0 Å². The molecule has 3 aromatic carbocycles. The number of hydrogen-bond acceptors (Lipinski definition) is 5. The Hall–Kier alpha value is -3.68. The van der Waals surface area contributed by atoms with Crippen LogP contribution in [-0.2, 0) is 16.0 Å². The van der Waals surface area contributed by atoms with Crippen molar-refractivity contribution in [2.24, 2.45) is 0 Å². The Bertz CT molecular complexity index is 1420. The molecule has 0 bridgehead atoms. The Morgan fingerprint density at radius 2 is 1.83 bits per heavy atom. The van der Waals surface area contributed by atoms with E-state index in [2.05, 4.69) is 5.32 Å². The van der Waals surface area contributed by atoms with E-state index < -0.39 is 17.5 Å². The fourth-order valence-corrected chi connectivity index (χ4v) is 3.89. The lowest BCUT2D eigenvalue weighted by Crippen LogP contribution is -2.30. The Morgan fingerprint density at radius 3 is 2.54 bits per heavy atom. The van der Waals surface area contributed by atoms with Gasteiger partial charge in [0.15, 0.2) is 6.10 Å². The maximum atomic E-state index is 13.5. The van der Waals surface area contributed by atoms with Crippen molar-refractivity contribution in [3.63, 3.8) is 0 Å². The number of ether oxygens (including phenoxy) is 2. The number of anilines is 1. The normalized spacial score (nSPS) is 11.9. The summed E-state index contributed by atoms with van der Waals surface area (Å²) in [7, 11) is 1.65. The molecular formula is C27H23ClFNO5. The zero-order chi connectivity index (χ0) is 24.9. The number of rotatable bonds is 8. The molecule has 6 nitrogen and oxygen atoms in total. The van der Waals surface area contributed by atoms with E-state index in [0.29, 0.717) is 34.6 Å². The topological polar surface area (TPSA) is 77.8 Å².